The first-order valence-electron chi connectivity index (χ1n) is 5.20. The minimum atomic E-state index is -0.884. The summed E-state index contributed by atoms with van der Waals surface area (Å²) in [5.74, 6) is -0.0157. The van der Waals surface area contributed by atoms with E-state index in [9.17, 15) is 9.90 Å². The van der Waals surface area contributed by atoms with E-state index in [1.165, 1.54) is 12.8 Å². The Balaban J connectivity index is 2.16. The van der Waals surface area contributed by atoms with E-state index in [0.29, 0.717) is 19.3 Å². The Bertz CT molecular complexity index is 182. The number of unbranched alkanes of at least 4 members (excludes halogenated alkanes) is 3. The summed E-state index contributed by atoms with van der Waals surface area (Å²) in [6.07, 6.45) is 6.33. The van der Waals surface area contributed by atoms with Crippen LogP contribution in [0.3, 0.4) is 0 Å². The lowest BCUT2D eigenvalue weighted by Crippen LogP contribution is -2.41. The van der Waals surface area contributed by atoms with Crippen molar-refractivity contribution in [3.63, 3.8) is 0 Å². The summed E-state index contributed by atoms with van der Waals surface area (Å²) < 4.78 is 0. The van der Waals surface area contributed by atoms with Gasteiger partial charge in [0.1, 0.15) is 5.72 Å². The molecule has 1 unspecified atom stereocenters. The van der Waals surface area contributed by atoms with Crippen LogP contribution in [0.1, 0.15) is 51.9 Å². The van der Waals surface area contributed by atoms with E-state index in [-0.39, 0.29) is 5.91 Å². The Morgan fingerprint density at radius 1 is 1.46 bits per heavy atom. The SMILES string of the molecule is CCCCCCC1(O)CCC(=O)N1. The van der Waals surface area contributed by atoms with Crippen molar-refractivity contribution in [1.29, 1.82) is 0 Å². The van der Waals surface area contributed by atoms with Crippen LogP contribution in [0, 0.1) is 0 Å². The van der Waals surface area contributed by atoms with Crippen LogP contribution in [0.5, 0.6) is 0 Å². The third-order valence-corrected chi connectivity index (χ3v) is 2.58. The van der Waals surface area contributed by atoms with Gasteiger partial charge in [-0.1, -0.05) is 26.2 Å². The van der Waals surface area contributed by atoms with E-state index in [1.807, 2.05) is 0 Å². The minimum Gasteiger partial charge on any atom is -0.371 e. The highest BCUT2D eigenvalue weighted by atomic mass is 16.3. The highest BCUT2D eigenvalue weighted by molar-refractivity contribution is 5.78. The van der Waals surface area contributed by atoms with Crippen LogP contribution in [0.15, 0.2) is 0 Å². The van der Waals surface area contributed by atoms with Crippen LogP contribution in [0.25, 0.3) is 0 Å². The maximum atomic E-state index is 10.9. The maximum absolute atomic E-state index is 10.9. The molecule has 13 heavy (non-hydrogen) atoms. The Kier molecular flexibility index (Phi) is 3.72. The number of rotatable bonds is 5. The molecular weight excluding hydrogens is 166 g/mol. The molecule has 1 amide bonds. The van der Waals surface area contributed by atoms with Crippen molar-refractivity contribution in [2.75, 3.05) is 0 Å². The fraction of sp³-hybridized carbons (Fsp3) is 0.900. The van der Waals surface area contributed by atoms with Gasteiger partial charge in [-0.25, -0.2) is 0 Å². The number of amides is 1. The molecule has 0 saturated carbocycles. The third-order valence-electron chi connectivity index (χ3n) is 2.58. The normalized spacial score (nSPS) is 27.7. The summed E-state index contributed by atoms with van der Waals surface area (Å²) in [5.41, 5.74) is -0.884. The molecule has 3 heteroatoms. The molecule has 0 spiro atoms. The van der Waals surface area contributed by atoms with E-state index < -0.39 is 5.72 Å². The first-order valence-corrected chi connectivity index (χ1v) is 5.20. The van der Waals surface area contributed by atoms with Gasteiger partial charge in [-0.05, 0) is 12.8 Å². The molecule has 0 aromatic carbocycles. The number of hydrogen-bond acceptors (Lipinski definition) is 2. The molecule has 3 nitrogen and oxygen atoms in total. The van der Waals surface area contributed by atoms with E-state index in [1.54, 1.807) is 0 Å². The van der Waals surface area contributed by atoms with Crippen LogP contribution in [-0.4, -0.2) is 16.7 Å². The molecule has 1 saturated heterocycles. The first kappa shape index (κ1) is 10.5. The maximum Gasteiger partial charge on any atom is 0.222 e. The highest BCUT2D eigenvalue weighted by Gasteiger charge is 2.34. The lowest BCUT2D eigenvalue weighted by Gasteiger charge is -2.21. The van der Waals surface area contributed by atoms with Gasteiger partial charge in [0.15, 0.2) is 0 Å². The van der Waals surface area contributed by atoms with Crippen LogP contribution < -0.4 is 5.32 Å². The van der Waals surface area contributed by atoms with E-state index >= 15 is 0 Å². The molecule has 1 heterocycles. The van der Waals surface area contributed by atoms with Crippen molar-refractivity contribution in [2.45, 2.75) is 57.6 Å². The molecule has 1 atom stereocenters. The topological polar surface area (TPSA) is 49.3 Å². The molecule has 0 aromatic rings. The van der Waals surface area contributed by atoms with Gasteiger partial charge in [0.05, 0.1) is 0 Å². The number of carbonyl (C=O) groups excluding carboxylic acids is 1. The largest absolute Gasteiger partial charge is 0.371 e. The van der Waals surface area contributed by atoms with Gasteiger partial charge in [0.2, 0.25) is 5.91 Å². The Morgan fingerprint density at radius 3 is 2.77 bits per heavy atom. The zero-order chi connectivity index (χ0) is 9.73. The average molecular weight is 185 g/mol. The number of aliphatic hydroxyl groups is 1. The number of nitrogens with one attached hydrogen (secondary N) is 1. The average Bonchev–Trinajstić information content (AvgIpc) is 2.41. The number of carbonyl (C=O) groups is 1. The lowest BCUT2D eigenvalue weighted by atomic mass is 10.0. The smallest absolute Gasteiger partial charge is 0.222 e. The van der Waals surface area contributed by atoms with E-state index in [2.05, 4.69) is 12.2 Å². The van der Waals surface area contributed by atoms with Crippen LogP contribution in [0.2, 0.25) is 0 Å². The van der Waals surface area contributed by atoms with Crippen LogP contribution >= 0.6 is 0 Å². The van der Waals surface area contributed by atoms with Gasteiger partial charge >= 0.3 is 0 Å². The third kappa shape index (κ3) is 3.35. The molecule has 0 radical (unpaired) electrons. The molecular formula is C10H19NO2. The van der Waals surface area contributed by atoms with Crippen molar-refractivity contribution in [3.8, 4) is 0 Å². The Labute approximate surface area is 79.5 Å². The fourth-order valence-corrected chi connectivity index (χ4v) is 1.74. The van der Waals surface area contributed by atoms with E-state index in [4.69, 9.17) is 0 Å². The van der Waals surface area contributed by atoms with Crippen LogP contribution in [0.4, 0.5) is 0 Å². The van der Waals surface area contributed by atoms with Gasteiger partial charge in [-0.3, -0.25) is 4.79 Å². The van der Waals surface area contributed by atoms with Crippen molar-refractivity contribution >= 4 is 5.91 Å². The highest BCUT2D eigenvalue weighted by Crippen LogP contribution is 2.23. The number of hydrogen-bond donors (Lipinski definition) is 2. The summed E-state index contributed by atoms with van der Waals surface area (Å²) in [5, 5.41) is 12.5. The summed E-state index contributed by atoms with van der Waals surface area (Å²) in [7, 11) is 0. The van der Waals surface area contributed by atoms with Gasteiger partial charge in [-0.15, -0.1) is 0 Å². The summed E-state index contributed by atoms with van der Waals surface area (Å²) in [4.78, 5) is 10.9. The summed E-state index contributed by atoms with van der Waals surface area (Å²) in [6.45, 7) is 2.16. The molecule has 2 N–H and O–H groups in total. The van der Waals surface area contributed by atoms with Gasteiger partial charge in [-0.2, -0.15) is 0 Å². The van der Waals surface area contributed by atoms with Crippen molar-refractivity contribution in [3.05, 3.63) is 0 Å². The second-order valence-electron chi connectivity index (χ2n) is 3.89. The minimum absolute atomic E-state index is 0.0157. The molecule has 1 aliphatic rings. The van der Waals surface area contributed by atoms with Crippen molar-refractivity contribution in [2.24, 2.45) is 0 Å². The molecule has 76 valence electrons. The lowest BCUT2D eigenvalue weighted by molar-refractivity contribution is -0.122. The predicted octanol–water partition coefficient (Wildman–Crippen LogP) is 1.56. The summed E-state index contributed by atoms with van der Waals surface area (Å²) in [6, 6.07) is 0. The monoisotopic (exact) mass is 185 g/mol. The fourth-order valence-electron chi connectivity index (χ4n) is 1.74. The van der Waals surface area contributed by atoms with Crippen molar-refractivity contribution < 1.29 is 9.90 Å². The Morgan fingerprint density at radius 2 is 2.23 bits per heavy atom. The molecule has 1 rings (SSSR count). The second kappa shape index (κ2) is 4.61. The molecule has 0 aliphatic carbocycles. The molecule has 1 aliphatic heterocycles. The van der Waals surface area contributed by atoms with Crippen LogP contribution in [-0.2, 0) is 4.79 Å². The first-order chi connectivity index (χ1) is 6.16. The quantitative estimate of drug-likeness (QED) is 0.638. The van der Waals surface area contributed by atoms with Gasteiger partial charge < -0.3 is 10.4 Å². The Hall–Kier alpha value is -0.570. The van der Waals surface area contributed by atoms with Gasteiger partial charge in [0.25, 0.3) is 0 Å². The summed E-state index contributed by atoms with van der Waals surface area (Å²) >= 11 is 0. The zero-order valence-corrected chi connectivity index (χ0v) is 8.31. The molecule has 0 aromatic heterocycles. The van der Waals surface area contributed by atoms with E-state index in [0.717, 1.165) is 12.8 Å². The van der Waals surface area contributed by atoms with Gasteiger partial charge in [0, 0.05) is 12.8 Å². The zero-order valence-electron chi connectivity index (χ0n) is 8.31. The molecule has 0 bridgehead atoms. The predicted molar refractivity (Wildman–Crippen MR) is 51.1 cm³/mol. The standard InChI is InChI=1S/C10H19NO2/c1-2-3-4-5-7-10(13)8-6-9(12)11-10/h13H,2-8H2,1H3,(H,11,12). The van der Waals surface area contributed by atoms with Crippen molar-refractivity contribution in [1.82, 2.24) is 5.32 Å². The second-order valence-corrected chi connectivity index (χ2v) is 3.89. The molecule has 1 fully saturated rings.